The van der Waals surface area contributed by atoms with Gasteiger partial charge >= 0.3 is 6.03 Å². The monoisotopic (exact) mass is 307 g/mol. The zero-order chi connectivity index (χ0) is 15.6. The molecule has 3 amide bonds. The molecule has 1 fully saturated rings. The second kappa shape index (κ2) is 9.12. The van der Waals surface area contributed by atoms with Crippen molar-refractivity contribution in [3.8, 4) is 0 Å². The molecule has 0 radical (unpaired) electrons. The van der Waals surface area contributed by atoms with Crippen molar-refractivity contribution in [2.24, 2.45) is 5.92 Å². The molecule has 1 saturated carbocycles. The van der Waals surface area contributed by atoms with E-state index in [0.717, 1.165) is 12.3 Å². The maximum absolute atomic E-state index is 11.6. The summed E-state index contributed by atoms with van der Waals surface area (Å²) >= 11 is 0. The van der Waals surface area contributed by atoms with Crippen LogP contribution in [-0.4, -0.2) is 25.0 Å². The molecule has 0 bridgehead atoms. The molecular weight excluding hydrogens is 282 g/mol. The molecule has 2 rings (SSSR count). The minimum Gasteiger partial charge on any atom is -0.467 e. The molecule has 1 heterocycles. The van der Waals surface area contributed by atoms with Gasteiger partial charge in [-0.3, -0.25) is 4.79 Å². The molecule has 1 aliphatic rings. The highest BCUT2D eigenvalue weighted by atomic mass is 16.3. The van der Waals surface area contributed by atoms with Gasteiger partial charge in [-0.15, -0.1) is 0 Å². The highest BCUT2D eigenvalue weighted by molar-refractivity contribution is 5.83. The fraction of sp³-hybridized carbons (Fsp3) is 0.625. The van der Waals surface area contributed by atoms with Crippen molar-refractivity contribution in [3.63, 3.8) is 0 Å². The molecule has 0 atom stereocenters. The van der Waals surface area contributed by atoms with Gasteiger partial charge in [-0.2, -0.15) is 0 Å². The number of urea groups is 1. The number of furan rings is 1. The van der Waals surface area contributed by atoms with Crippen LogP contribution in [0.15, 0.2) is 22.8 Å². The number of hydrogen-bond acceptors (Lipinski definition) is 3. The molecule has 1 aromatic rings. The Morgan fingerprint density at radius 1 is 1.18 bits per heavy atom. The fourth-order valence-corrected chi connectivity index (χ4v) is 2.78. The second-order valence-electron chi connectivity index (χ2n) is 5.76. The van der Waals surface area contributed by atoms with Crippen molar-refractivity contribution < 1.29 is 14.0 Å². The summed E-state index contributed by atoms with van der Waals surface area (Å²) < 4.78 is 5.10. The molecular formula is C16H25N3O3. The van der Waals surface area contributed by atoms with E-state index in [1.54, 1.807) is 18.4 Å². The minimum absolute atomic E-state index is 0.00653. The Kier molecular flexibility index (Phi) is 6.80. The lowest BCUT2D eigenvalue weighted by Gasteiger charge is -2.10. The third kappa shape index (κ3) is 6.20. The van der Waals surface area contributed by atoms with E-state index in [-0.39, 0.29) is 18.5 Å². The Labute approximate surface area is 131 Å². The van der Waals surface area contributed by atoms with Crippen molar-refractivity contribution in [2.45, 2.75) is 45.1 Å². The van der Waals surface area contributed by atoms with E-state index in [1.165, 1.54) is 32.1 Å². The topological polar surface area (TPSA) is 83.4 Å². The van der Waals surface area contributed by atoms with Crippen LogP contribution in [0.2, 0.25) is 0 Å². The van der Waals surface area contributed by atoms with Crippen LogP contribution in [0.5, 0.6) is 0 Å². The number of rotatable bonds is 8. The van der Waals surface area contributed by atoms with Crippen LogP contribution in [0.4, 0.5) is 4.79 Å². The van der Waals surface area contributed by atoms with Gasteiger partial charge in [0, 0.05) is 6.54 Å². The van der Waals surface area contributed by atoms with Gasteiger partial charge in [0.1, 0.15) is 5.76 Å². The molecule has 122 valence electrons. The molecule has 0 saturated heterocycles. The lowest BCUT2D eigenvalue weighted by molar-refractivity contribution is -0.120. The van der Waals surface area contributed by atoms with Crippen molar-refractivity contribution in [1.29, 1.82) is 0 Å². The summed E-state index contributed by atoms with van der Waals surface area (Å²) in [5, 5.41) is 7.98. The Morgan fingerprint density at radius 2 is 2.00 bits per heavy atom. The van der Waals surface area contributed by atoms with E-state index >= 15 is 0 Å². The quantitative estimate of drug-likeness (QED) is 0.644. The van der Waals surface area contributed by atoms with Crippen LogP contribution in [0.25, 0.3) is 0 Å². The largest absolute Gasteiger partial charge is 0.467 e. The number of hydrogen-bond donors (Lipinski definition) is 3. The van der Waals surface area contributed by atoms with Gasteiger partial charge in [0.15, 0.2) is 0 Å². The van der Waals surface area contributed by atoms with Crippen LogP contribution in [0.3, 0.4) is 0 Å². The third-order valence-electron chi connectivity index (χ3n) is 4.00. The Hall–Kier alpha value is -1.98. The Bertz CT molecular complexity index is 453. The zero-order valence-corrected chi connectivity index (χ0v) is 12.9. The number of amides is 3. The molecule has 6 nitrogen and oxygen atoms in total. The molecule has 22 heavy (non-hydrogen) atoms. The van der Waals surface area contributed by atoms with Crippen LogP contribution >= 0.6 is 0 Å². The smallest absolute Gasteiger partial charge is 0.315 e. The van der Waals surface area contributed by atoms with Crippen molar-refractivity contribution in [3.05, 3.63) is 24.2 Å². The van der Waals surface area contributed by atoms with Crippen LogP contribution in [-0.2, 0) is 11.3 Å². The SMILES string of the molecule is O=C(CNC(=O)NCc1ccco1)NCCCC1CCCC1. The van der Waals surface area contributed by atoms with Gasteiger partial charge < -0.3 is 20.4 Å². The first-order valence-corrected chi connectivity index (χ1v) is 8.05. The first kappa shape index (κ1) is 16.4. The van der Waals surface area contributed by atoms with Crippen LogP contribution in [0.1, 0.15) is 44.3 Å². The summed E-state index contributed by atoms with van der Waals surface area (Å²) in [5.41, 5.74) is 0. The molecule has 0 unspecified atom stereocenters. The average molecular weight is 307 g/mol. The Morgan fingerprint density at radius 3 is 2.73 bits per heavy atom. The second-order valence-corrected chi connectivity index (χ2v) is 5.76. The Balaban J connectivity index is 1.46. The highest BCUT2D eigenvalue weighted by Crippen LogP contribution is 2.28. The van der Waals surface area contributed by atoms with Crippen molar-refractivity contribution in [1.82, 2.24) is 16.0 Å². The normalized spacial score (nSPS) is 14.7. The zero-order valence-electron chi connectivity index (χ0n) is 12.9. The summed E-state index contributed by atoms with van der Waals surface area (Å²) in [6, 6.07) is 3.16. The molecule has 1 aliphatic carbocycles. The van der Waals surface area contributed by atoms with E-state index in [1.807, 2.05) is 0 Å². The minimum atomic E-state index is -0.377. The maximum Gasteiger partial charge on any atom is 0.315 e. The van der Waals surface area contributed by atoms with Crippen molar-refractivity contribution in [2.75, 3.05) is 13.1 Å². The summed E-state index contributed by atoms with van der Waals surface area (Å²) in [5.74, 6) is 1.37. The van der Waals surface area contributed by atoms with Crippen molar-refractivity contribution >= 4 is 11.9 Å². The van der Waals surface area contributed by atoms with Gasteiger partial charge in [0.25, 0.3) is 0 Å². The van der Waals surface area contributed by atoms with E-state index in [0.29, 0.717) is 18.8 Å². The molecule has 0 aliphatic heterocycles. The van der Waals surface area contributed by atoms with Crippen LogP contribution < -0.4 is 16.0 Å². The number of carbonyl (C=O) groups excluding carboxylic acids is 2. The number of nitrogens with one attached hydrogen (secondary N) is 3. The van der Waals surface area contributed by atoms with E-state index < -0.39 is 0 Å². The standard InChI is InChI=1S/C16H25N3O3/c20-15(17-9-3-7-13-5-1-2-6-13)12-19-16(21)18-11-14-8-4-10-22-14/h4,8,10,13H,1-3,5-7,9,11-12H2,(H,17,20)(H2,18,19,21). The van der Waals surface area contributed by atoms with Gasteiger partial charge in [0.05, 0.1) is 19.4 Å². The van der Waals surface area contributed by atoms with Crippen LogP contribution in [0, 0.1) is 5.92 Å². The summed E-state index contributed by atoms with van der Waals surface area (Å²) in [6.45, 7) is 0.986. The molecule has 0 aromatic carbocycles. The average Bonchev–Trinajstić information content (AvgIpc) is 3.20. The first-order chi connectivity index (χ1) is 10.7. The van der Waals surface area contributed by atoms with Gasteiger partial charge in [-0.25, -0.2) is 4.79 Å². The van der Waals surface area contributed by atoms with E-state index in [4.69, 9.17) is 4.42 Å². The molecule has 6 heteroatoms. The summed E-state index contributed by atoms with van der Waals surface area (Å²) in [7, 11) is 0. The predicted molar refractivity (Wildman–Crippen MR) is 83.1 cm³/mol. The summed E-state index contributed by atoms with van der Waals surface area (Å²) in [4.78, 5) is 23.1. The lowest BCUT2D eigenvalue weighted by atomic mass is 10.0. The first-order valence-electron chi connectivity index (χ1n) is 8.05. The summed E-state index contributed by atoms with van der Waals surface area (Å²) in [6.07, 6.45) is 9.14. The third-order valence-corrected chi connectivity index (χ3v) is 4.00. The molecule has 3 N–H and O–H groups in total. The highest BCUT2D eigenvalue weighted by Gasteiger charge is 2.14. The molecule has 0 spiro atoms. The van der Waals surface area contributed by atoms with Gasteiger partial charge in [0.2, 0.25) is 5.91 Å². The van der Waals surface area contributed by atoms with E-state index in [2.05, 4.69) is 16.0 Å². The predicted octanol–water partition coefficient (Wildman–Crippen LogP) is 2.17. The fourth-order valence-electron chi connectivity index (χ4n) is 2.78. The van der Waals surface area contributed by atoms with Gasteiger partial charge in [-0.1, -0.05) is 25.7 Å². The maximum atomic E-state index is 11.6. The molecule has 1 aromatic heterocycles. The number of carbonyl (C=O) groups is 2. The van der Waals surface area contributed by atoms with Gasteiger partial charge in [-0.05, 0) is 30.9 Å². The lowest BCUT2D eigenvalue weighted by Crippen LogP contribution is -2.42. The van der Waals surface area contributed by atoms with E-state index in [9.17, 15) is 9.59 Å².